The summed E-state index contributed by atoms with van der Waals surface area (Å²) >= 11 is 0. The molecular formula is C21H20FN3O2. The lowest BCUT2D eigenvalue weighted by Gasteiger charge is -2.37. The van der Waals surface area contributed by atoms with Gasteiger partial charge in [0.2, 0.25) is 0 Å². The maximum Gasteiger partial charge on any atom is 0.322 e. The molecule has 2 amide bonds. The second-order valence-electron chi connectivity index (χ2n) is 6.41. The number of para-hydroxylation sites is 1. The van der Waals surface area contributed by atoms with Gasteiger partial charge >= 0.3 is 6.03 Å². The van der Waals surface area contributed by atoms with E-state index in [9.17, 15) is 9.18 Å². The number of benzene rings is 2. The second-order valence-corrected chi connectivity index (χ2v) is 6.41. The van der Waals surface area contributed by atoms with Crippen LogP contribution in [0.15, 0.2) is 66.9 Å². The Balaban J connectivity index is 1.70. The largest absolute Gasteiger partial charge is 0.497 e. The van der Waals surface area contributed by atoms with Crippen LogP contribution in [0.2, 0.25) is 0 Å². The first-order chi connectivity index (χ1) is 13.2. The molecule has 0 saturated carbocycles. The van der Waals surface area contributed by atoms with E-state index < -0.39 is 5.82 Å². The standard InChI is InChI=1S/C21H20FN3O2/c1-27-16-7-4-6-15(14-16)20-19-10-5-11-24(19)12-13-25(20)21(26)23-18-9-3-2-8-17(18)22/h2-11,14,20H,12-13H2,1H3,(H,23,26). The first-order valence-electron chi connectivity index (χ1n) is 8.78. The number of anilines is 1. The summed E-state index contributed by atoms with van der Waals surface area (Å²) in [5, 5.41) is 2.70. The van der Waals surface area contributed by atoms with Crippen molar-refractivity contribution in [3.63, 3.8) is 0 Å². The average molecular weight is 365 g/mol. The molecule has 4 rings (SSSR count). The number of amides is 2. The third-order valence-electron chi connectivity index (χ3n) is 4.82. The van der Waals surface area contributed by atoms with Gasteiger partial charge in [-0.2, -0.15) is 0 Å². The highest BCUT2D eigenvalue weighted by atomic mass is 19.1. The van der Waals surface area contributed by atoms with E-state index in [2.05, 4.69) is 9.88 Å². The molecule has 0 radical (unpaired) electrons. The first-order valence-corrected chi connectivity index (χ1v) is 8.78. The van der Waals surface area contributed by atoms with Gasteiger partial charge in [-0.25, -0.2) is 9.18 Å². The number of aromatic nitrogens is 1. The molecule has 1 aliphatic rings. The van der Waals surface area contributed by atoms with E-state index in [0.29, 0.717) is 13.1 Å². The maximum atomic E-state index is 14.0. The highest BCUT2D eigenvalue weighted by molar-refractivity contribution is 5.90. The molecule has 0 saturated heterocycles. The Morgan fingerprint density at radius 1 is 1.11 bits per heavy atom. The number of nitrogens with one attached hydrogen (secondary N) is 1. The van der Waals surface area contributed by atoms with Crippen LogP contribution < -0.4 is 10.1 Å². The summed E-state index contributed by atoms with van der Waals surface area (Å²) in [6.07, 6.45) is 2.01. The number of urea groups is 1. The third kappa shape index (κ3) is 3.26. The van der Waals surface area contributed by atoms with Crippen LogP contribution in [0.3, 0.4) is 0 Å². The van der Waals surface area contributed by atoms with Crippen molar-refractivity contribution in [2.75, 3.05) is 19.0 Å². The van der Waals surface area contributed by atoms with E-state index in [1.165, 1.54) is 6.07 Å². The molecule has 1 aliphatic heterocycles. The second kappa shape index (κ2) is 7.15. The first kappa shape index (κ1) is 17.1. The zero-order chi connectivity index (χ0) is 18.8. The van der Waals surface area contributed by atoms with Gasteiger partial charge in [0.25, 0.3) is 0 Å². The Labute approximate surface area is 157 Å². The molecule has 5 nitrogen and oxygen atoms in total. The lowest BCUT2D eigenvalue weighted by atomic mass is 10.00. The summed E-state index contributed by atoms with van der Waals surface area (Å²) in [5.41, 5.74) is 2.13. The normalized spacial score (nSPS) is 15.9. The number of ether oxygens (including phenoxy) is 1. The van der Waals surface area contributed by atoms with Gasteiger partial charge in [-0.1, -0.05) is 24.3 Å². The van der Waals surface area contributed by atoms with E-state index in [1.807, 2.05) is 42.6 Å². The smallest absolute Gasteiger partial charge is 0.322 e. The Kier molecular flexibility index (Phi) is 4.54. The van der Waals surface area contributed by atoms with Gasteiger partial charge in [0.05, 0.1) is 18.8 Å². The van der Waals surface area contributed by atoms with E-state index >= 15 is 0 Å². The molecule has 138 valence electrons. The number of nitrogens with zero attached hydrogens (tertiary/aromatic N) is 2. The molecule has 1 atom stereocenters. The van der Waals surface area contributed by atoms with Gasteiger partial charge < -0.3 is 19.5 Å². The summed E-state index contributed by atoms with van der Waals surface area (Å²) in [6.45, 7) is 1.21. The van der Waals surface area contributed by atoms with Crippen LogP contribution in [0, 0.1) is 5.82 Å². The van der Waals surface area contributed by atoms with Crippen LogP contribution in [-0.4, -0.2) is 29.2 Å². The van der Waals surface area contributed by atoms with E-state index in [0.717, 1.165) is 17.0 Å². The zero-order valence-corrected chi connectivity index (χ0v) is 14.9. The molecule has 27 heavy (non-hydrogen) atoms. The fourth-order valence-electron chi connectivity index (χ4n) is 3.51. The molecule has 0 spiro atoms. The Bertz CT molecular complexity index is 969. The molecule has 1 unspecified atom stereocenters. The summed E-state index contributed by atoms with van der Waals surface area (Å²) in [6, 6.07) is 17.2. The lowest BCUT2D eigenvalue weighted by molar-refractivity contribution is 0.181. The van der Waals surface area contributed by atoms with Gasteiger partial charge in [-0.05, 0) is 42.0 Å². The lowest BCUT2D eigenvalue weighted by Crippen LogP contribution is -2.44. The Hall–Kier alpha value is -3.28. The molecule has 1 aromatic heterocycles. The van der Waals surface area contributed by atoms with Crippen LogP contribution in [-0.2, 0) is 6.54 Å². The number of carbonyl (C=O) groups excluding carboxylic acids is 1. The van der Waals surface area contributed by atoms with Crippen molar-refractivity contribution >= 4 is 11.7 Å². The number of hydrogen-bond donors (Lipinski definition) is 1. The molecule has 0 aliphatic carbocycles. The van der Waals surface area contributed by atoms with Crippen molar-refractivity contribution in [2.45, 2.75) is 12.6 Å². The van der Waals surface area contributed by atoms with E-state index in [1.54, 1.807) is 30.2 Å². The van der Waals surface area contributed by atoms with Gasteiger partial charge in [-0.15, -0.1) is 0 Å². The molecular weight excluding hydrogens is 345 g/mol. The van der Waals surface area contributed by atoms with Gasteiger partial charge in [0.1, 0.15) is 11.6 Å². The van der Waals surface area contributed by atoms with Gasteiger partial charge in [0.15, 0.2) is 0 Å². The Morgan fingerprint density at radius 2 is 1.96 bits per heavy atom. The summed E-state index contributed by atoms with van der Waals surface area (Å²) in [5.74, 6) is 0.273. The monoisotopic (exact) mass is 365 g/mol. The fourth-order valence-corrected chi connectivity index (χ4v) is 3.51. The Morgan fingerprint density at radius 3 is 2.78 bits per heavy atom. The van der Waals surface area contributed by atoms with Crippen molar-refractivity contribution in [3.8, 4) is 5.75 Å². The van der Waals surface area contributed by atoms with Gasteiger partial charge in [0, 0.05) is 25.0 Å². The van der Waals surface area contributed by atoms with Crippen LogP contribution in [0.25, 0.3) is 0 Å². The number of rotatable bonds is 3. The van der Waals surface area contributed by atoms with E-state index in [4.69, 9.17) is 4.74 Å². The summed E-state index contributed by atoms with van der Waals surface area (Å²) < 4.78 is 21.5. The minimum absolute atomic E-state index is 0.174. The number of carbonyl (C=O) groups is 1. The van der Waals surface area contributed by atoms with Crippen molar-refractivity contribution in [1.82, 2.24) is 9.47 Å². The predicted octanol–water partition coefficient (Wildman–Crippen LogP) is 4.27. The molecule has 2 heterocycles. The average Bonchev–Trinajstić information content (AvgIpc) is 3.17. The van der Waals surface area contributed by atoms with Crippen LogP contribution in [0.5, 0.6) is 5.75 Å². The van der Waals surface area contributed by atoms with Crippen LogP contribution in [0.1, 0.15) is 17.3 Å². The van der Waals surface area contributed by atoms with Crippen LogP contribution in [0.4, 0.5) is 14.9 Å². The van der Waals surface area contributed by atoms with Crippen molar-refractivity contribution in [2.24, 2.45) is 0 Å². The molecule has 0 fully saturated rings. The molecule has 0 bridgehead atoms. The third-order valence-corrected chi connectivity index (χ3v) is 4.82. The number of fused-ring (bicyclic) bond motifs is 1. The molecule has 1 N–H and O–H groups in total. The molecule has 6 heteroatoms. The predicted molar refractivity (Wildman–Crippen MR) is 101 cm³/mol. The highest BCUT2D eigenvalue weighted by Gasteiger charge is 2.32. The van der Waals surface area contributed by atoms with E-state index in [-0.39, 0.29) is 17.8 Å². The van der Waals surface area contributed by atoms with Gasteiger partial charge in [-0.3, -0.25) is 0 Å². The molecule has 3 aromatic rings. The summed E-state index contributed by atoms with van der Waals surface area (Å²) in [4.78, 5) is 14.7. The van der Waals surface area contributed by atoms with Crippen molar-refractivity contribution in [1.29, 1.82) is 0 Å². The SMILES string of the molecule is COc1cccc(C2c3cccn3CCN2C(=O)Nc2ccccc2F)c1. The highest BCUT2D eigenvalue weighted by Crippen LogP contribution is 2.34. The zero-order valence-electron chi connectivity index (χ0n) is 14.9. The topological polar surface area (TPSA) is 46.5 Å². The summed E-state index contributed by atoms with van der Waals surface area (Å²) in [7, 11) is 1.62. The fraction of sp³-hybridized carbons (Fsp3) is 0.190. The van der Waals surface area contributed by atoms with Crippen molar-refractivity contribution in [3.05, 3.63) is 83.9 Å². The minimum atomic E-state index is -0.454. The quantitative estimate of drug-likeness (QED) is 0.753. The number of methoxy groups -OCH3 is 1. The molecule has 2 aromatic carbocycles. The number of halogens is 1. The van der Waals surface area contributed by atoms with Crippen LogP contribution >= 0.6 is 0 Å². The minimum Gasteiger partial charge on any atom is -0.497 e. The van der Waals surface area contributed by atoms with Crippen molar-refractivity contribution < 1.29 is 13.9 Å². The maximum absolute atomic E-state index is 14.0. The number of hydrogen-bond acceptors (Lipinski definition) is 2.